The van der Waals surface area contributed by atoms with E-state index in [1.807, 2.05) is 12.1 Å². The Morgan fingerprint density at radius 2 is 1.67 bits per heavy atom. The lowest BCUT2D eigenvalue weighted by Gasteiger charge is -2.10. The van der Waals surface area contributed by atoms with Gasteiger partial charge in [0.1, 0.15) is 0 Å². The number of aryl methyl sites for hydroxylation is 2. The second-order valence-corrected chi connectivity index (χ2v) is 5.18. The van der Waals surface area contributed by atoms with Crippen LogP contribution in [0.25, 0.3) is 0 Å². The van der Waals surface area contributed by atoms with Crippen LogP contribution in [-0.4, -0.2) is 12.5 Å². The number of nitrogens with one attached hydrogen (secondary N) is 1. The van der Waals surface area contributed by atoms with Crippen molar-refractivity contribution in [1.29, 1.82) is 0 Å². The predicted molar refractivity (Wildman–Crippen MR) is 77.0 cm³/mol. The van der Waals surface area contributed by atoms with Gasteiger partial charge in [-0.25, -0.2) is 0 Å². The summed E-state index contributed by atoms with van der Waals surface area (Å²) in [5.41, 5.74) is 3.28. The van der Waals surface area contributed by atoms with Gasteiger partial charge in [0.25, 0.3) is 5.91 Å². The third-order valence-electron chi connectivity index (χ3n) is 3.14. The smallest absolute Gasteiger partial charge is 0.251 e. The Hall–Kier alpha value is -1.31. The van der Waals surface area contributed by atoms with Crippen LogP contribution in [0.15, 0.2) is 18.2 Å². The standard InChI is InChI=1S/C16H25NO/c1-5-13-9-14(6-2)11-15(10-13)16(18)17-8-7-12(3)4/h9-12H,5-8H2,1-4H3,(H,17,18). The van der Waals surface area contributed by atoms with Crippen molar-refractivity contribution in [1.82, 2.24) is 5.32 Å². The second-order valence-electron chi connectivity index (χ2n) is 5.18. The first-order chi connectivity index (χ1) is 8.56. The third kappa shape index (κ3) is 4.52. The number of amides is 1. The molecular weight excluding hydrogens is 222 g/mol. The van der Waals surface area contributed by atoms with Gasteiger partial charge in [0, 0.05) is 12.1 Å². The molecule has 2 heteroatoms. The number of benzene rings is 1. The Bertz CT molecular complexity index is 374. The molecule has 1 rings (SSSR count). The van der Waals surface area contributed by atoms with E-state index in [0.29, 0.717) is 5.92 Å². The lowest BCUT2D eigenvalue weighted by molar-refractivity contribution is 0.0952. The van der Waals surface area contributed by atoms with Crippen molar-refractivity contribution in [2.45, 2.75) is 47.0 Å². The zero-order valence-corrected chi connectivity index (χ0v) is 12.0. The van der Waals surface area contributed by atoms with Gasteiger partial charge >= 0.3 is 0 Å². The van der Waals surface area contributed by atoms with E-state index >= 15 is 0 Å². The van der Waals surface area contributed by atoms with Gasteiger partial charge in [0.15, 0.2) is 0 Å². The summed E-state index contributed by atoms with van der Waals surface area (Å²) in [5.74, 6) is 0.680. The van der Waals surface area contributed by atoms with Crippen LogP contribution in [0.5, 0.6) is 0 Å². The maximum Gasteiger partial charge on any atom is 0.251 e. The molecule has 0 aliphatic heterocycles. The number of rotatable bonds is 6. The maximum absolute atomic E-state index is 12.1. The molecule has 0 aliphatic carbocycles. The molecule has 1 amide bonds. The minimum Gasteiger partial charge on any atom is -0.352 e. The second kappa shape index (κ2) is 7.20. The van der Waals surface area contributed by atoms with Crippen LogP contribution in [0.3, 0.4) is 0 Å². The zero-order chi connectivity index (χ0) is 13.5. The first kappa shape index (κ1) is 14.7. The van der Waals surface area contributed by atoms with E-state index in [1.54, 1.807) is 0 Å². The fraction of sp³-hybridized carbons (Fsp3) is 0.562. The number of carbonyl (C=O) groups is 1. The van der Waals surface area contributed by atoms with E-state index in [1.165, 1.54) is 11.1 Å². The quantitative estimate of drug-likeness (QED) is 0.818. The predicted octanol–water partition coefficient (Wildman–Crippen LogP) is 3.59. The number of carbonyl (C=O) groups excluding carboxylic acids is 1. The van der Waals surface area contributed by atoms with E-state index in [9.17, 15) is 4.79 Å². The van der Waals surface area contributed by atoms with Crippen molar-refractivity contribution in [2.24, 2.45) is 5.92 Å². The Balaban J connectivity index is 2.72. The molecule has 0 aromatic heterocycles. The summed E-state index contributed by atoms with van der Waals surface area (Å²) in [6.07, 6.45) is 2.97. The lowest BCUT2D eigenvalue weighted by atomic mass is 10.0. The third-order valence-corrected chi connectivity index (χ3v) is 3.14. The van der Waals surface area contributed by atoms with Crippen molar-refractivity contribution < 1.29 is 4.79 Å². The fourth-order valence-corrected chi connectivity index (χ4v) is 1.88. The summed E-state index contributed by atoms with van der Waals surface area (Å²) in [4.78, 5) is 12.1. The molecular formula is C16H25NO. The average Bonchev–Trinajstić information content (AvgIpc) is 2.37. The van der Waals surface area contributed by atoms with Crippen LogP contribution < -0.4 is 5.32 Å². The van der Waals surface area contributed by atoms with Crippen LogP contribution in [-0.2, 0) is 12.8 Å². The lowest BCUT2D eigenvalue weighted by Crippen LogP contribution is -2.25. The first-order valence-electron chi connectivity index (χ1n) is 6.97. The molecule has 0 spiro atoms. The van der Waals surface area contributed by atoms with Crippen LogP contribution in [0.4, 0.5) is 0 Å². The molecule has 1 aromatic rings. The van der Waals surface area contributed by atoms with Gasteiger partial charge in [-0.15, -0.1) is 0 Å². The van der Waals surface area contributed by atoms with Gasteiger partial charge in [-0.2, -0.15) is 0 Å². The summed E-state index contributed by atoms with van der Waals surface area (Å²) in [6, 6.07) is 6.19. The zero-order valence-electron chi connectivity index (χ0n) is 12.0. The number of hydrogen-bond donors (Lipinski definition) is 1. The fourth-order valence-electron chi connectivity index (χ4n) is 1.88. The van der Waals surface area contributed by atoms with Gasteiger partial charge in [-0.05, 0) is 48.4 Å². The molecule has 0 atom stereocenters. The van der Waals surface area contributed by atoms with E-state index in [4.69, 9.17) is 0 Å². The molecule has 0 unspecified atom stereocenters. The van der Waals surface area contributed by atoms with E-state index in [-0.39, 0.29) is 5.91 Å². The minimum atomic E-state index is 0.0562. The van der Waals surface area contributed by atoms with Crippen LogP contribution in [0, 0.1) is 5.92 Å². The van der Waals surface area contributed by atoms with Gasteiger partial charge < -0.3 is 5.32 Å². The molecule has 0 saturated carbocycles. The summed E-state index contributed by atoms with van der Waals surface area (Å²) >= 11 is 0. The normalized spacial score (nSPS) is 10.7. The largest absolute Gasteiger partial charge is 0.352 e. The highest BCUT2D eigenvalue weighted by molar-refractivity contribution is 5.94. The Kier molecular flexibility index (Phi) is 5.90. The highest BCUT2D eigenvalue weighted by Gasteiger charge is 2.07. The average molecular weight is 247 g/mol. The van der Waals surface area contributed by atoms with Gasteiger partial charge in [-0.1, -0.05) is 33.8 Å². The van der Waals surface area contributed by atoms with Crippen LogP contribution >= 0.6 is 0 Å². The number of hydrogen-bond acceptors (Lipinski definition) is 1. The van der Waals surface area contributed by atoms with Crippen molar-refractivity contribution in [3.05, 3.63) is 34.9 Å². The first-order valence-corrected chi connectivity index (χ1v) is 6.97. The molecule has 0 radical (unpaired) electrons. The van der Waals surface area contributed by atoms with E-state index < -0.39 is 0 Å². The summed E-state index contributed by atoms with van der Waals surface area (Å²) < 4.78 is 0. The molecule has 2 nitrogen and oxygen atoms in total. The van der Waals surface area contributed by atoms with Crippen molar-refractivity contribution >= 4 is 5.91 Å². The Morgan fingerprint density at radius 1 is 1.11 bits per heavy atom. The van der Waals surface area contributed by atoms with Crippen molar-refractivity contribution in [3.63, 3.8) is 0 Å². The van der Waals surface area contributed by atoms with Crippen LogP contribution in [0.1, 0.15) is 55.6 Å². The van der Waals surface area contributed by atoms with Crippen LogP contribution in [0.2, 0.25) is 0 Å². The minimum absolute atomic E-state index is 0.0562. The highest BCUT2D eigenvalue weighted by atomic mass is 16.1. The van der Waals surface area contributed by atoms with E-state index in [0.717, 1.165) is 31.4 Å². The molecule has 18 heavy (non-hydrogen) atoms. The molecule has 0 bridgehead atoms. The van der Waals surface area contributed by atoms with Gasteiger partial charge in [0.2, 0.25) is 0 Å². The van der Waals surface area contributed by atoms with Gasteiger partial charge in [0.05, 0.1) is 0 Å². The molecule has 1 aromatic carbocycles. The Morgan fingerprint density at radius 3 is 2.11 bits per heavy atom. The SMILES string of the molecule is CCc1cc(CC)cc(C(=O)NCCC(C)C)c1. The maximum atomic E-state index is 12.1. The highest BCUT2D eigenvalue weighted by Crippen LogP contribution is 2.12. The van der Waals surface area contributed by atoms with Crippen molar-refractivity contribution in [3.8, 4) is 0 Å². The van der Waals surface area contributed by atoms with Gasteiger partial charge in [-0.3, -0.25) is 4.79 Å². The summed E-state index contributed by atoms with van der Waals surface area (Å²) in [6.45, 7) is 9.33. The topological polar surface area (TPSA) is 29.1 Å². The van der Waals surface area contributed by atoms with Crippen molar-refractivity contribution in [2.75, 3.05) is 6.54 Å². The molecule has 100 valence electrons. The Labute approximate surface area is 111 Å². The summed E-state index contributed by atoms with van der Waals surface area (Å²) in [5, 5.41) is 2.99. The molecule has 0 aliphatic rings. The van der Waals surface area contributed by atoms with E-state index in [2.05, 4.69) is 39.1 Å². The molecule has 0 saturated heterocycles. The summed E-state index contributed by atoms with van der Waals surface area (Å²) in [7, 11) is 0. The monoisotopic (exact) mass is 247 g/mol. The molecule has 0 heterocycles. The molecule has 0 fully saturated rings. The molecule has 1 N–H and O–H groups in total.